The maximum Gasteiger partial charge on any atom is 0.145 e. The molecule has 0 aliphatic heterocycles. The van der Waals surface area contributed by atoms with Crippen molar-refractivity contribution in [3.05, 3.63) is 247 Å². The second-order valence-corrected chi connectivity index (χ2v) is 16.3. The summed E-state index contributed by atoms with van der Waals surface area (Å²) in [5.74, 6) is 0. The molecule has 0 bridgehead atoms. The number of hydrogen-bond acceptors (Lipinski definition) is 3. The second kappa shape index (κ2) is 13.4. The van der Waals surface area contributed by atoms with Gasteiger partial charge in [0.2, 0.25) is 0 Å². The zero-order valence-electron chi connectivity index (χ0n) is 33.6. The average molecular weight is 792 g/mol. The fraction of sp³-hybridized carbons (Fsp3) is 0.0169. The molecule has 13 rings (SSSR count). The van der Waals surface area contributed by atoms with Crippen molar-refractivity contribution in [3.63, 3.8) is 0 Å². The Bertz CT molecular complexity index is 3650. The predicted molar refractivity (Wildman–Crippen MR) is 256 cm³/mol. The lowest BCUT2D eigenvalue weighted by Gasteiger charge is -2.35. The molecule has 3 heteroatoms. The summed E-state index contributed by atoms with van der Waals surface area (Å²) in [6.07, 6.45) is 0. The number of nitrogens with zero attached hydrogens (tertiary/aromatic N) is 1. The molecule has 3 nitrogen and oxygen atoms in total. The van der Waals surface area contributed by atoms with Crippen molar-refractivity contribution in [1.29, 1.82) is 0 Å². The standard InChI is InChI=1S/C59H37NO2/c1-4-19-39(20-5-1)59(40-21-6-2-7-22-40)49-29-14-12-26-44(49)45-32-31-42(37-50(45)59)60(41-23-8-3-9-24-41)51-34-33-48-57-54(36-35-53-56(57)47-27-13-15-30-52(47)61-53)62-58(48)55(51)46-28-16-18-38-17-10-11-25-43(38)46/h1-37H. The van der Waals surface area contributed by atoms with E-state index in [1.54, 1.807) is 0 Å². The summed E-state index contributed by atoms with van der Waals surface area (Å²) in [5, 5.41) is 6.60. The second-order valence-electron chi connectivity index (χ2n) is 16.3. The quantitative estimate of drug-likeness (QED) is 0.168. The lowest BCUT2D eigenvalue weighted by molar-refractivity contribution is 0.663. The van der Waals surface area contributed by atoms with Crippen LogP contribution >= 0.6 is 0 Å². The van der Waals surface area contributed by atoms with Gasteiger partial charge in [0, 0.05) is 38.5 Å². The predicted octanol–water partition coefficient (Wildman–Crippen LogP) is 16.1. The van der Waals surface area contributed by atoms with Gasteiger partial charge in [-0.25, -0.2) is 0 Å². The molecule has 290 valence electrons. The number of furan rings is 2. The molecule has 0 unspecified atom stereocenters. The van der Waals surface area contributed by atoms with Crippen molar-refractivity contribution in [2.45, 2.75) is 5.41 Å². The van der Waals surface area contributed by atoms with E-state index in [1.165, 1.54) is 38.8 Å². The minimum absolute atomic E-state index is 0.549. The summed E-state index contributed by atoms with van der Waals surface area (Å²) < 4.78 is 13.6. The van der Waals surface area contributed by atoms with Crippen LogP contribution in [0.15, 0.2) is 233 Å². The monoisotopic (exact) mass is 791 g/mol. The van der Waals surface area contributed by atoms with Crippen molar-refractivity contribution in [3.8, 4) is 22.3 Å². The summed E-state index contributed by atoms with van der Waals surface area (Å²) in [5.41, 5.74) is 15.6. The van der Waals surface area contributed by atoms with Gasteiger partial charge < -0.3 is 13.7 Å². The van der Waals surface area contributed by atoms with Gasteiger partial charge in [-0.2, -0.15) is 0 Å². The fourth-order valence-electron chi connectivity index (χ4n) is 10.6. The molecule has 0 N–H and O–H groups in total. The van der Waals surface area contributed by atoms with Crippen molar-refractivity contribution < 1.29 is 8.83 Å². The van der Waals surface area contributed by atoms with Crippen molar-refractivity contribution >= 4 is 71.7 Å². The summed E-state index contributed by atoms with van der Waals surface area (Å²) in [4.78, 5) is 2.43. The highest BCUT2D eigenvalue weighted by molar-refractivity contribution is 6.28. The van der Waals surface area contributed by atoms with Crippen LogP contribution in [0.25, 0.3) is 76.9 Å². The van der Waals surface area contributed by atoms with Crippen LogP contribution in [-0.2, 0) is 5.41 Å². The molecule has 1 aliphatic rings. The van der Waals surface area contributed by atoms with Crippen LogP contribution in [0.2, 0.25) is 0 Å². The molecule has 0 radical (unpaired) electrons. The molecule has 10 aromatic carbocycles. The van der Waals surface area contributed by atoms with Crippen molar-refractivity contribution in [2.24, 2.45) is 0 Å². The SMILES string of the molecule is c1ccc(N(c2ccc3c(c2)C(c2ccccc2)(c2ccccc2)c2ccccc2-3)c2ccc3c(oc4ccc5oc6ccccc6c5c43)c2-c2cccc3ccccc23)cc1. The normalized spacial score (nSPS) is 13.0. The molecular formula is C59H37NO2. The molecule has 1 aliphatic carbocycles. The molecule has 0 saturated heterocycles. The van der Waals surface area contributed by atoms with E-state index in [9.17, 15) is 0 Å². The van der Waals surface area contributed by atoms with E-state index in [2.05, 4.69) is 211 Å². The van der Waals surface area contributed by atoms with E-state index in [-0.39, 0.29) is 0 Å². The highest BCUT2D eigenvalue weighted by atomic mass is 16.3. The number of anilines is 3. The average Bonchev–Trinajstić information content (AvgIpc) is 4.00. The zero-order chi connectivity index (χ0) is 40.8. The van der Waals surface area contributed by atoms with Crippen LogP contribution in [0.3, 0.4) is 0 Å². The zero-order valence-corrected chi connectivity index (χ0v) is 33.6. The third-order valence-electron chi connectivity index (χ3n) is 13.1. The van der Waals surface area contributed by atoms with E-state index >= 15 is 0 Å². The first kappa shape index (κ1) is 34.7. The van der Waals surface area contributed by atoms with Gasteiger partial charge in [0.25, 0.3) is 0 Å². The molecular weight excluding hydrogens is 755 g/mol. The first-order chi connectivity index (χ1) is 30.8. The number of fused-ring (bicyclic) bond motifs is 11. The number of rotatable bonds is 6. The van der Waals surface area contributed by atoms with E-state index in [0.29, 0.717) is 0 Å². The Morgan fingerprint density at radius 2 is 0.952 bits per heavy atom. The molecule has 12 aromatic rings. The van der Waals surface area contributed by atoms with Crippen LogP contribution in [0.1, 0.15) is 22.3 Å². The molecule has 0 amide bonds. The number of hydrogen-bond donors (Lipinski definition) is 0. The van der Waals surface area contributed by atoms with Gasteiger partial charge in [-0.3, -0.25) is 0 Å². The summed E-state index contributed by atoms with van der Waals surface area (Å²) in [7, 11) is 0. The summed E-state index contributed by atoms with van der Waals surface area (Å²) in [6.45, 7) is 0. The Morgan fingerprint density at radius 3 is 1.74 bits per heavy atom. The number of benzene rings is 10. The Balaban J connectivity index is 1.14. The highest BCUT2D eigenvalue weighted by Gasteiger charge is 2.46. The van der Waals surface area contributed by atoms with Crippen LogP contribution in [0.4, 0.5) is 17.1 Å². The molecule has 0 atom stereocenters. The topological polar surface area (TPSA) is 29.5 Å². The van der Waals surface area contributed by atoms with Gasteiger partial charge in [0.15, 0.2) is 0 Å². The van der Waals surface area contributed by atoms with Gasteiger partial charge >= 0.3 is 0 Å². The lowest BCUT2D eigenvalue weighted by Crippen LogP contribution is -2.28. The van der Waals surface area contributed by atoms with Crippen molar-refractivity contribution in [1.82, 2.24) is 0 Å². The summed E-state index contributed by atoms with van der Waals surface area (Å²) >= 11 is 0. The molecule has 2 aromatic heterocycles. The third kappa shape index (κ3) is 4.88. The fourth-order valence-corrected chi connectivity index (χ4v) is 10.6. The Labute approximate surface area is 358 Å². The minimum Gasteiger partial charge on any atom is -0.456 e. The van der Waals surface area contributed by atoms with Crippen LogP contribution < -0.4 is 4.90 Å². The minimum atomic E-state index is -0.549. The summed E-state index contributed by atoms with van der Waals surface area (Å²) in [6, 6.07) is 81.0. The molecule has 0 saturated carbocycles. The molecule has 2 heterocycles. The Morgan fingerprint density at radius 1 is 0.355 bits per heavy atom. The first-order valence-electron chi connectivity index (χ1n) is 21.3. The van der Waals surface area contributed by atoms with Gasteiger partial charge in [0.05, 0.1) is 11.1 Å². The maximum atomic E-state index is 7.17. The Hall–Kier alpha value is -8.14. The van der Waals surface area contributed by atoms with Gasteiger partial charge in [-0.1, -0.05) is 170 Å². The van der Waals surface area contributed by atoms with E-state index in [1.807, 2.05) is 18.2 Å². The van der Waals surface area contributed by atoms with E-state index < -0.39 is 5.41 Å². The smallest absolute Gasteiger partial charge is 0.145 e. The first-order valence-corrected chi connectivity index (χ1v) is 21.3. The number of para-hydroxylation sites is 2. The van der Waals surface area contributed by atoms with Crippen LogP contribution in [0, 0.1) is 0 Å². The van der Waals surface area contributed by atoms with Crippen LogP contribution in [0.5, 0.6) is 0 Å². The molecule has 0 fully saturated rings. The molecule has 0 spiro atoms. The van der Waals surface area contributed by atoms with Gasteiger partial charge in [0.1, 0.15) is 22.3 Å². The van der Waals surface area contributed by atoms with Crippen LogP contribution in [-0.4, -0.2) is 0 Å². The largest absolute Gasteiger partial charge is 0.456 e. The van der Waals surface area contributed by atoms with Gasteiger partial charge in [-0.05, 0) is 104 Å². The van der Waals surface area contributed by atoms with E-state index in [0.717, 1.165) is 77.5 Å². The highest BCUT2D eigenvalue weighted by Crippen LogP contribution is 2.58. The lowest BCUT2D eigenvalue weighted by atomic mass is 9.67. The van der Waals surface area contributed by atoms with Crippen molar-refractivity contribution in [2.75, 3.05) is 4.90 Å². The third-order valence-corrected chi connectivity index (χ3v) is 13.1. The maximum absolute atomic E-state index is 7.17. The van der Waals surface area contributed by atoms with Gasteiger partial charge in [-0.15, -0.1) is 0 Å². The van der Waals surface area contributed by atoms with E-state index in [4.69, 9.17) is 8.83 Å². The Kier molecular flexibility index (Phi) is 7.52. The molecule has 62 heavy (non-hydrogen) atoms.